The fourth-order valence-electron chi connectivity index (χ4n) is 2.47. The molecule has 3 N–H and O–H groups in total. The van der Waals surface area contributed by atoms with Gasteiger partial charge in [-0.05, 0) is 36.2 Å². The van der Waals surface area contributed by atoms with Crippen LogP contribution in [0.2, 0.25) is 0 Å². The van der Waals surface area contributed by atoms with E-state index in [2.05, 4.69) is 20.9 Å². The molecule has 0 heterocycles. The minimum atomic E-state index is 0. The van der Waals surface area contributed by atoms with Crippen molar-refractivity contribution in [2.24, 2.45) is 4.99 Å². The first-order valence-corrected chi connectivity index (χ1v) is 9.22. The summed E-state index contributed by atoms with van der Waals surface area (Å²) in [5.41, 5.74) is 1.87. The van der Waals surface area contributed by atoms with Crippen LogP contribution in [0.25, 0.3) is 0 Å². The molecule has 2 aromatic rings. The molecular weight excluding hydrogens is 467 g/mol. The van der Waals surface area contributed by atoms with Gasteiger partial charge in [-0.1, -0.05) is 37.3 Å². The lowest BCUT2D eigenvalue weighted by Crippen LogP contribution is -2.38. The van der Waals surface area contributed by atoms with Gasteiger partial charge in [-0.25, -0.2) is 0 Å². The van der Waals surface area contributed by atoms with E-state index in [0.717, 1.165) is 23.4 Å². The van der Waals surface area contributed by atoms with Gasteiger partial charge in [-0.2, -0.15) is 0 Å². The summed E-state index contributed by atoms with van der Waals surface area (Å²) in [7, 11) is 1.73. The maximum atomic E-state index is 11.7. The zero-order valence-corrected chi connectivity index (χ0v) is 18.7. The van der Waals surface area contributed by atoms with E-state index in [9.17, 15) is 4.79 Å². The van der Waals surface area contributed by atoms with Crippen molar-refractivity contribution in [1.29, 1.82) is 0 Å². The van der Waals surface area contributed by atoms with Gasteiger partial charge >= 0.3 is 0 Å². The Bertz CT molecular complexity index is 738. The van der Waals surface area contributed by atoms with Gasteiger partial charge in [0.2, 0.25) is 5.91 Å². The highest BCUT2D eigenvalue weighted by Gasteiger charge is 2.03. The van der Waals surface area contributed by atoms with E-state index in [4.69, 9.17) is 4.74 Å². The molecule has 28 heavy (non-hydrogen) atoms. The molecule has 2 aromatic carbocycles. The Kier molecular flexibility index (Phi) is 11.7. The van der Waals surface area contributed by atoms with Gasteiger partial charge < -0.3 is 20.7 Å². The van der Waals surface area contributed by atoms with Gasteiger partial charge in [-0.15, -0.1) is 24.0 Å². The van der Waals surface area contributed by atoms with Crippen LogP contribution >= 0.6 is 24.0 Å². The van der Waals surface area contributed by atoms with Gasteiger partial charge in [0.15, 0.2) is 5.96 Å². The molecule has 0 spiro atoms. The minimum Gasteiger partial charge on any atom is -0.492 e. The van der Waals surface area contributed by atoms with E-state index in [1.807, 2.05) is 61.5 Å². The van der Waals surface area contributed by atoms with Crippen LogP contribution in [-0.2, 0) is 11.3 Å². The second-order valence-corrected chi connectivity index (χ2v) is 6.01. The zero-order valence-electron chi connectivity index (χ0n) is 16.4. The molecule has 7 heteroatoms. The third-order valence-corrected chi connectivity index (χ3v) is 3.78. The number of hydrogen-bond acceptors (Lipinski definition) is 3. The second-order valence-electron chi connectivity index (χ2n) is 6.01. The van der Waals surface area contributed by atoms with Crippen LogP contribution in [0.3, 0.4) is 0 Å². The normalized spacial score (nSPS) is 10.6. The molecule has 6 nitrogen and oxygen atoms in total. The van der Waals surface area contributed by atoms with E-state index in [0.29, 0.717) is 32.1 Å². The largest absolute Gasteiger partial charge is 0.492 e. The molecule has 0 aliphatic heterocycles. The number of benzene rings is 2. The van der Waals surface area contributed by atoms with Crippen molar-refractivity contribution in [3.63, 3.8) is 0 Å². The lowest BCUT2D eigenvalue weighted by Gasteiger charge is -2.13. The lowest BCUT2D eigenvalue weighted by molar-refractivity contribution is -0.116. The maximum absolute atomic E-state index is 11.7. The maximum Gasteiger partial charge on any atom is 0.224 e. The number of nitrogens with zero attached hydrogens (tertiary/aromatic N) is 1. The second kappa shape index (κ2) is 13.8. The molecular formula is C21H29IN4O2. The average molecular weight is 496 g/mol. The van der Waals surface area contributed by atoms with E-state index in [1.54, 1.807) is 7.05 Å². The van der Waals surface area contributed by atoms with Crippen molar-refractivity contribution in [3.8, 4) is 5.75 Å². The number of para-hydroxylation sites is 1. The van der Waals surface area contributed by atoms with Gasteiger partial charge in [-0.3, -0.25) is 9.79 Å². The predicted octanol–water partition coefficient (Wildman–Crippen LogP) is 3.79. The quantitative estimate of drug-likeness (QED) is 0.214. The number of ether oxygens (including phenoxy) is 1. The zero-order chi connectivity index (χ0) is 19.3. The molecule has 0 fully saturated rings. The Balaban J connectivity index is 0.00000392. The lowest BCUT2D eigenvalue weighted by atomic mass is 10.2. The number of anilines is 1. The van der Waals surface area contributed by atoms with Crippen molar-refractivity contribution in [2.75, 3.05) is 25.5 Å². The van der Waals surface area contributed by atoms with Gasteiger partial charge in [0, 0.05) is 25.7 Å². The number of aliphatic imine (C=N–C) groups is 1. The molecule has 0 aliphatic carbocycles. The third kappa shape index (κ3) is 9.07. The van der Waals surface area contributed by atoms with E-state index >= 15 is 0 Å². The highest BCUT2D eigenvalue weighted by molar-refractivity contribution is 14.0. The monoisotopic (exact) mass is 496 g/mol. The first-order chi connectivity index (χ1) is 13.2. The standard InChI is InChI=1S/C21H28N4O2.HI/c1-3-8-20(26)25-18-10-7-9-17(15-18)16-24-21(22-2)23-13-14-27-19-11-5-4-6-12-19;/h4-7,9-12,15H,3,8,13-14,16H2,1-2H3,(H,25,26)(H2,22,23,24);1H. The van der Waals surface area contributed by atoms with Gasteiger partial charge in [0.05, 0.1) is 6.54 Å². The van der Waals surface area contributed by atoms with Gasteiger partial charge in [0.1, 0.15) is 12.4 Å². The number of guanidine groups is 1. The Morgan fingerprint density at radius 3 is 2.57 bits per heavy atom. The van der Waals surface area contributed by atoms with Crippen molar-refractivity contribution < 1.29 is 9.53 Å². The molecule has 1 amide bonds. The summed E-state index contributed by atoms with van der Waals surface area (Å²) in [6.45, 7) is 3.78. The summed E-state index contributed by atoms with van der Waals surface area (Å²) >= 11 is 0. The van der Waals surface area contributed by atoms with Gasteiger partial charge in [0.25, 0.3) is 0 Å². The van der Waals surface area contributed by atoms with Crippen LogP contribution in [0.1, 0.15) is 25.3 Å². The first-order valence-electron chi connectivity index (χ1n) is 9.22. The van der Waals surface area contributed by atoms with Crippen molar-refractivity contribution in [1.82, 2.24) is 10.6 Å². The summed E-state index contributed by atoms with van der Waals surface area (Å²) in [6.07, 6.45) is 1.37. The Labute approximate surface area is 184 Å². The highest BCUT2D eigenvalue weighted by atomic mass is 127. The molecule has 0 aliphatic rings. The predicted molar refractivity (Wildman–Crippen MR) is 126 cm³/mol. The summed E-state index contributed by atoms with van der Waals surface area (Å²) in [6, 6.07) is 17.5. The SMILES string of the molecule is CCCC(=O)Nc1cccc(CNC(=NC)NCCOc2ccccc2)c1.I. The smallest absolute Gasteiger partial charge is 0.224 e. The Hall–Kier alpha value is -2.29. The topological polar surface area (TPSA) is 74.8 Å². The number of carbonyl (C=O) groups is 1. The molecule has 0 bridgehead atoms. The van der Waals surface area contributed by atoms with Crippen molar-refractivity contribution >= 4 is 41.5 Å². The number of rotatable bonds is 9. The number of nitrogens with one attached hydrogen (secondary N) is 3. The Morgan fingerprint density at radius 2 is 1.86 bits per heavy atom. The van der Waals surface area contributed by atoms with E-state index in [-0.39, 0.29) is 29.9 Å². The molecule has 0 atom stereocenters. The van der Waals surface area contributed by atoms with Crippen LogP contribution in [-0.4, -0.2) is 32.1 Å². The van der Waals surface area contributed by atoms with Crippen LogP contribution in [0, 0.1) is 0 Å². The summed E-state index contributed by atoms with van der Waals surface area (Å²) < 4.78 is 5.65. The van der Waals surface area contributed by atoms with E-state index in [1.165, 1.54) is 0 Å². The number of amides is 1. The third-order valence-electron chi connectivity index (χ3n) is 3.78. The molecule has 2 rings (SSSR count). The van der Waals surface area contributed by atoms with Crippen LogP contribution in [0.4, 0.5) is 5.69 Å². The highest BCUT2D eigenvalue weighted by Crippen LogP contribution is 2.11. The first kappa shape index (κ1) is 23.7. The van der Waals surface area contributed by atoms with Crippen molar-refractivity contribution in [3.05, 3.63) is 60.2 Å². The number of hydrogen-bond donors (Lipinski definition) is 3. The number of halogens is 1. The summed E-state index contributed by atoms with van der Waals surface area (Å²) in [5.74, 6) is 1.59. The average Bonchev–Trinajstić information content (AvgIpc) is 2.68. The molecule has 0 radical (unpaired) electrons. The molecule has 0 saturated carbocycles. The minimum absolute atomic E-state index is 0. The molecule has 152 valence electrons. The summed E-state index contributed by atoms with van der Waals surface area (Å²) in [4.78, 5) is 15.9. The van der Waals surface area contributed by atoms with E-state index < -0.39 is 0 Å². The van der Waals surface area contributed by atoms with Crippen molar-refractivity contribution in [2.45, 2.75) is 26.3 Å². The Morgan fingerprint density at radius 1 is 1.07 bits per heavy atom. The van der Waals surface area contributed by atoms with Crippen LogP contribution in [0.15, 0.2) is 59.6 Å². The number of carbonyl (C=O) groups excluding carboxylic acids is 1. The molecule has 0 unspecified atom stereocenters. The molecule has 0 saturated heterocycles. The summed E-state index contributed by atoms with van der Waals surface area (Å²) in [5, 5.41) is 9.39. The van der Waals surface area contributed by atoms with Crippen LogP contribution < -0.4 is 20.7 Å². The molecule has 0 aromatic heterocycles. The fraction of sp³-hybridized carbons (Fsp3) is 0.333. The van der Waals surface area contributed by atoms with Crippen LogP contribution in [0.5, 0.6) is 5.75 Å². The fourth-order valence-corrected chi connectivity index (χ4v) is 2.47.